The van der Waals surface area contributed by atoms with Crippen LogP contribution in [0.5, 0.6) is 5.75 Å². The van der Waals surface area contributed by atoms with Crippen molar-refractivity contribution in [2.45, 2.75) is 13.8 Å². The van der Waals surface area contributed by atoms with Gasteiger partial charge in [0.15, 0.2) is 0 Å². The maximum absolute atomic E-state index is 12.7. The number of amides is 1. The van der Waals surface area contributed by atoms with Crippen molar-refractivity contribution in [2.24, 2.45) is 0 Å². The minimum Gasteiger partial charge on any atom is -0.493 e. The van der Waals surface area contributed by atoms with Gasteiger partial charge in [-0.25, -0.2) is 4.79 Å². The zero-order valence-electron chi connectivity index (χ0n) is 17.5. The summed E-state index contributed by atoms with van der Waals surface area (Å²) in [6.07, 6.45) is 3.07. The molecule has 0 saturated heterocycles. The molecular weight excluding hydrogens is 514 g/mol. The molecule has 0 spiro atoms. The molecule has 0 saturated carbocycles. The number of esters is 1. The summed E-state index contributed by atoms with van der Waals surface area (Å²) < 4.78 is 11.7. The van der Waals surface area contributed by atoms with Crippen LogP contribution in [0.25, 0.3) is 17.2 Å². The highest BCUT2D eigenvalue weighted by Gasteiger charge is 2.22. The number of anilines is 1. The first-order valence-electron chi connectivity index (χ1n) is 9.88. The molecule has 0 unspecified atom stereocenters. The predicted octanol–water partition coefficient (Wildman–Crippen LogP) is 7.06. The van der Waals surface area contributed by atoms with E-state index in [0.29, 0.717) is 33.5 Å². The van der Waals surface area contributed by atoms with E-state index in [1.807, 2.05) is 42.6 Å². The van der Waals surface area contributed by atoms with Crippen molar-refractivity contribution in [1.82, 2.24) is 0 Å². The summed E-state index contributed by atoms with van der Waals surface area (Å²) in [4.78, 5) is 25.3. The van der Waals surface area contributed by atoms with Crippen molar-refractivity contribution >= 4 is 61.8 Å². The fraction of sp³-hybridized carbons (Fsp3) is 0.167. The van der Waals surface area contributed by atoms with Crippen LogP contribution in [-0.4, -0.2) is 25.1 Å². The van der Waals surface area contributed by atoms with Crippen molar-refractivity contribution in [2.75, 3.05) is 18.5 Å². The molecule has 1 heterocycles. The predicted molar refractivity (Wildman–Crippen MR) is 134 cm³/mol. The molecule has 32 heavy (non-hydrogen) atoms. The molecule has 0 radical (unpaired) electrons. The number of nitrogens with one attached hydrogen (secondary N) is 1. The van der Waals surface area contributed by atoms with Crippen LogP contribution < -0.4 is 10.1 Å². The molecule has 1 amide bonds. The minimum atomic E-state index is -0.497. The van der Waals surface area contributed by atoms with E-state index in [2.05, 4.69) is 21.2 Å². The van der Waals surface area contributed by atoms with Crippen molar-refractivity contribution in [3.63, 3.8) is 0 Å². The highest BCUT2D eigenvalue weighted by atomic mass is 79.9. The monoisotopic (exact) mass is 533 g/mol. The largest absolute Gasteiger partial charge is 0.493 e. The number of halogens is 2. The van der Waals surface area contributed by atoms with Crippen molar-refractivity contribution in [1.29, 1.82) is 0 Å². The number of carbonyl (C=O) groups excluding carboxylic acids is 2. The van der Waals surface area contributed by atoms with Crippen LogP contribution in [0.3, 0.4) is 0 Å². The molecule has 2 aromatic carbocycles. The molecule has 5 nitrogen and oxygen atoms in total. The lowest BCUT2D eigenvalue weighted by molar-refractivity contribution is -0.111. The first-order valence-corrected chi connectivity index (χ1v) is 11.9. The Bertz CT molecular complexity index is 1140. The zero-order chi connectivity index (χ0) is 23.1. The van der Waals surface area contributed by atoms with Crippen LogP contribution in [0.15, 0.2) is 58.4 Å². The summed E-state index contributed by atoms with van der Waals surface area (Å²) in [6, 6.07) is 12.7. The maximum Gasteiger partial charge on any atom is 0.341 e. The number of rotatable bonds is 8. The first-order chi connectivity index (χ1) is 15.4. The fourth-order valence-electron chi connectivity index (χ4n) is 2.95. The smallest absolute Gasteiger partial charge is 0.341 e. The van der Waals surface area contributed by atoms with E-state index < -0.39 is 5.97 Å². The van der Waals surface area contributed by atoms with Gasteiger partial charge < -0.3 is 14.8 Å². The average molecular weight is 535 g/mol. The van der Waals surface area contributed by atoms with E-state index in [0.717, 1.165) is 15.6 Å². The Labute approximate surface area is 204 Å². The Morgan fingerprint density at radius 3 is 2.56 bits per heavy atom. The second kappa shape index (κ2) is 11.3. The van der Waals surface area contributed by atoms with Gasteiger partial charge in [-0.1, -0.05) is 39.7 Å². The molecule has 0 fully saturated rings. The first kappa shape index (κ1) is 24.0. The van der Waals surface area contributed by atoms with Crippen LogP contribution >= 0.6 is 38.9 Å². The molecule has 0 aliphatic rings. The zero-order valence-corrected chi connectivity index (χ0v) is 20.6. The van der Waals surface area contributed by atoms with Gasteiger partial charge in [0.1, 0.15) is 16.3 Å². The number of carbonyl (C=O) groups is 2. The van der Waals surface area contributed by atoms with Gasteiger partial charge in [0.25, 0.3) is 0 Å². The third-order valence-electron chi connectivity index (χ3n) is 4.35. The number of ether oxygens (including phenoxy) is 2. The number of hydrogen-bond acceptors (Lipinski definition) is 5. The number of thiophene rings is 1. The minimum absolute atomic E-state index is 0.227. The molecular formula is C24H21BrClNO4S. The molecule has 0 aliphatic carbocycles. The van der Waals surface area contributed by atoms with Gasteiger partial charge >= 0.3 is 5.97 Å². The summed E-state index contributed by atoms with van der Waals surface area (Å²) >= 11 is 10.7. The van der Waals surface area contributed by atoms with Crippen molar-refractivity contribution in [3.8, 4) is 16.9 Å². The van der Waals surface area contributed by atoms with E-state index in [4.69, 9.17) is 21.1 Å². The summed E-state index contributed by atoms with van der Waals surface area (Å²) in [5.41, 5.74) is 2.56. The Morgan fingerprint density at radius 1 is 1.12 bits per heavy atom. The summed E-state index contributed by atoms with van der Waals surface area (Å²) in [6.45, 7) is 4.38. The topological polar surface area (TPSA) is 64.6 Å². The molecule has 1 N–H and O–H groups in total. The Hall–Kier alpha value is -2.61. The lowest BCUT2D eigenvalue weighted by Gasteiger charge is -2.09. The average Bonchev–Trinajstić information content (AvgIpc) is 3.18. The van der Waals surface area contributed by atoms with E-state index in [9.17, 15) is 9.59 Å². The lowest BCUT2D eigenvalue weighted by Crippen LogP contribution is -2.12. The molecule has 1 aromatic heterocycles. The van der Waals surface area contributed by atoms with Crippen molar-refractivity contribution < 1.29 is 19.1 Å². The molecule has 3 rings (SSSR count). The van der Waals surface area contributed by atoms with E-state index in [-0.39, 0.29) is 12.5 Å². The second-order valence-corrected chi connectivity index (χ2v) is 8.75. The van der Waals surface area contributed by atoms with Gasteiger partial charge in [0, 0.05) is 32.1 Å². The van der Waals surface area contributed by atoms with E-state index >= 15 is 0 Å². The van der Waals surface area contributed by atoms with E-state index in [1.165, 1.54) is 17.4 Å². The fourth-order valence-corrected chi connectivity index (χ4v) is 4.42. The molecule has 3 aromatic rings. The summed E-state index contributed by atoms with van der Waals surface area (Å²) in [5, 5.41) is 5.63. The molecule has 166 valence electrons. The van der Waals surface area contributed by atoms with Crippen LogP contribution in [0.1, 0.15) is 29.8 Å². The SMILES string of the molecule is CCOC(=O)c1c(-c2ccc(Cl)cc2)csc1NC(=O)/C=C/c1cc(Br)ccc1OCC. The number of benzene rings is 2. The molecule has 0 atom stereocenters. The molecule has 8 heteroatoms. The second-order valence-electron chi connectivity index (χ2n) is 6.52. The van der Waals surface area contributed by atoms with Crippen LogP contribution in [0.4, 0.5) is 5.00 Å². The Balaban J connectivity index is 1.87. The molecule has 0 aliphatic heterocycles. The Morgan fingerprint density at radius 2 is 1.88 bits per heavy atom. The van der Waals surface area contributed by atoms with Crippen LogP contribution in [0, 0.1) is 0 Å². The van der Waals surface area contributed by atoms with Gasteiger partial charge in [0.2, 0.25) is 5.91 Å². The third kappa shape index (κ3) is 6.00. The van der Waals surface area contributed by atoms with E-state index in [1.54, 1.807) is 25.1 Å². The maximum atomic E-state index is 12.7. The van der Waals surface area contributed by atoms with Crippen LogP contribution in [-0.2, 0) is 9.53 Å². The van der Waals surface area contributed by atoms with Gasteiger partial charge in [-0.05, 0) is 55.8 Å². The van der Waals surface area contributed by atoms with Gasteiger partial charge in [0.05, 0.1) is 13.2 Å². The number of hydrogen-bond donors (Lipinski definition) is 1. The third-order valence-corrected chi connectivity index (χ3v) is 5.99. The summed E-state index contributed by atoms with van der Waals surface area (Å²) in [7, 11) is 0. The van der Waals surface area contributed by atoms with Crippen LogP contribution in [0.2, 0.25) is 5.02 Å². The van der Waals surface area contributed by atoms with Crippen molar-refractivity contribution in [3.05, 3.63) is 74.5 Å². The molecule has 0 bridgehead atoms. The Kier molecular flexibility index (Phi) is 8.50. The quantitative estimate of drug-likeness (QED) is 0.248. The van der Waals surface area contributed by atoms with Gasteiger partial charge in [-0.15, -0.1) is 11.3 Å². The normalized spacial score (nSPS) is 10.9. The van der Waals surface area contributed by atoms with Gasteiger partial charge in [-0.2, -0.15) is 0 Å². The lowest BCUT2D eigenvalue weighted by atomic mass is 10.0. The highest BCUT2D eigenvalue weighted by Crippen LogP contribution is 2.36. The van der Waals surface area contributed by atoms with Gasteiger partial charge in [-0.3, -0.25) is 4.79 Å². The highest BCUT2D eigenvalue weighted by molar-refractivity contribution is 9.10. The standard InChI is InChI=1S/C24H21BrClNO4S/c1-3-30-20-11-8-17(25)13-16(20)7-12-21(28)27-23-22(24(29)31-4-2)19(14-32-23)15-5-9-18(26)10-6-15/h5-14H,3-4H2,1-2H3,(H,27,28)/b12-7+. The summed E-state index contributed by atoms with van der Waals surface area (Å²) in [5.74, 6) is -0.195.